The number of fused-ring (bicyclic) bond motifs is 1. The summed E-state index contributed by atoms with van der Waals surface area (Å²) in [4.78, 5) is 14.8. The zero-order chi connectivity index (χ0) is 14.3. The van der Waals surface area contributed by atoms with Gasteiger partial charge in [-0.05, 0) is 40.2 Å². The highest BCUT2D eigenvalue weighted by Crippen LogP contribution is 2.29. The first-order valence-electron chi connectivity index (χ1n) is 6.26. The Labute approximate surface area is 116 Å². The molecule has 19 heavy (non-hydrogen) atoms. The van der Waals surface area contributed by atoms with E-state index in [1.165, 1.54) is 0 Å². The summed E-state index contributed by atoms with van der Waals surface area (Å²) in [6, 6.07) is 0. The van der Waals surface area contributed by atoms with Crippen molar-refractivity contribution < 1.29 is 5.21 Å². The normalized spacial score (nSPS) is 12.4. The van der Waals surface area contributed by atoms with Gasteiger partial charge in [0, 0.05) is 17.1 Å². The summed E-state index contributed by atoms with van der Waals surface area (Å²) in [6.45, 7) is 10.4. The predicted octanol–water partition coefficient (Wildman–Crippen LogP) is 3.21. The van der Waals surface area contributed by atoms with Crippen LogP contribution in [0.3, 0.4) is 0 Å². The van der Waals surface area contributed by atoms with Crippen molar-refractivity contribution in [3.63, 3.8) is 0 Å². The van der Waals surface area contributed by atoms with Crippen molar-refractivity contribution in [2.45, 2.75) is 41.2 Å². The first kappa shape index (κ1) is 13.8. The van der Waals surface area contributed by atoms with Crippen molar-refractivity contribution in [3.05, 3.63) is 31.9 Å². The smallest absolute Gasteiger partial charge is 0.199 e. The lowest BCUT2D eigenvalue weighted by atomic mass is 10.0. The van der Waals surface area contributed by atoms with Gasteiger partial charge < -0.3 is 9.77 Å². The van der Waals surface area contributed by atoms with Crippen molar-refractivity contribution in [3.8, 4) is 0 Å². The van der Waals surface area contributed by atoms with E-state index in [1.54, 1.807) is 18.3 Å². The molecule has 0 aliphatic rings. The number of nitrogens with zero attached hydrogens (tertiary/aromatic N) is 2. The number of hydrogen-bond donors (Lipinski definition) is 1. The summed E-state index contributed by atoms with van der Waals surface area (Å²) < 4.78 is 2.12. The number of aryl methyl sites for hydroxylation is 3. The van der Waals surface area contributed by atoms with Crippen molar-refractivity contribution in [1.29, 1.82) is 0 Å². The second-order valence-corrected chi connectivity index (χ2v) is 5.89. The first-order chi connectivity index (χ1) is 8.93. The minimum absolute atomic E-state index is 0.0330. The molecule has 0 aliphatic heterocycles. The number of pyridine rings is 1. The van der Waals surface area contributed by atoms with E-state index in [4.69, 9.17) is 5.21 Å². The molecule has 2 aromatic rings. The Kier molecular flexibility index (Phi) is 3.49. The van der Waals surface area contributed by atoms with Gasteiger partial charge in [0.05, 0.1) is 16.7 Å². The monoisotopic (exact) mass is 278 g/mol. The molecule has 0 radical (unpaired) electrons. The molecule has 1 N–H and O–H groups in total. The van der Waals surface area contributed by atoms with Crippen LogP contribution >= 0.6 is 11.3 Å². The van der Waals surface area contributed by atoms with Gasteiger partial charge in [0.1, 0.15) is 4.83 Å². The Morgan fingerprint density at radius 3 is 2.53 bits per heavy atom. The molecule has 0 atom stereocenters. The van der Waals surface area contributed by atoms with Crippen LogP contribution in [-0.2, 0) is 6.54 Å². The third-order valence-corrected chi connectivity index (χ3v) is 4.89. The largest absolute Gasteiger partial charge is 0.411 e. The molecule has 0 saturated heterocycles. The summed E-state index contributed by atoms with van der Waals surface area (Å²) in [7, 11) is 0. The van der Waals surface area contributed by atoms with Gasteiger partial charge in [0.2, 0.25) is 0 Å². The third-order valence-electron chi connectivity index (χ3n) is 3.66. The Morgan fingerprint density at radius 1 is 1.37 bits per heavy atom. The summed E-state index contributed by atoms with van der Waals surface area (Å²) >= 11 is 1.65. The van der Waals surface area contributed by atoms with Gasteiger partial charge in [-0.1, -0.05) is 5.16 Å². The summed E-state index contributed by atoms with van der Waals surface area (Å²) in [5.41, 5.74) is 2.73. The van der Waals surface area contributed by atoms with Crippen LogP contribution in [0.5, 0.6) is 0 Å². The fourth-order valence-electron chi connectivity index (χ4n) is 2.50. The highest BCUT2D eigenvalue weighted by atomic mass is 32.1. The maximum Gasteiger partial charge on any atom is 0.199 e. The van der Waals surface area contributed by atoms with Crippen LogP contribution in [0.1, 0.15) is 35.5 Å². The molecule has 2 aromatic heterocycles. The van der Waals surface area contributed by atoms with Crippen molar-refractivity contribution in [2.75, 3.05) is 0 Å². The first-order valence-corrected chi connectivity index (χ1v) is 7.07. The Balaban J connectivity index is 3.09. The van der Waals surface area contributed by atoms with Crippen molar-refractivity contribution in [2.24, 2.45) is 5.16 Å². The van der Waals surface area contributed by atoms with Crippen LogP contribution in [-0.4, -0.2) is 15.5 Å². The predicted molar refractivity (Wildman–Crippen MR) is 80.0 cm³/mol. The molecule has 2 rings (SSSR count). The lowest BCUT2D eigenvalue weighted by molar-refractivity contribution is 0.319. The molecular formula is C14H18N2O2S. The van der Waals surface area contributed by atoms with Gasteiger partial charge >= 0.3 is 0 Å². The fraction of sp³-hybridized carbons (Fsp3) is 0.429. The average Bonchev–Trinajstić information content (AvgIpc) is 2.66. The van der Waals surface area contributed by atoms with E-state index in [9.17, 15) is 4.79 Å². The number of hydrogen-bond acceptors (Lipinski definition) is 4. The molecule has 0 aromatic carbocycles. The summed E-state index contributed by atoms with van der Waals surface area (Å²) in [5, 5.41) is 13.0. The number of oxime groups is 1. The van der Waals surface area contributed by atoms with Crippen LogP contribution in [0.2, 0.25) is 0 Å². The van der Waals surface area contributed by atoms with E-state index in [2.05, 4.69) is 16.6 Å². The second kappa shape index (κ2) is 4.81. The van der Waals surface area contributed by atoms with Crippen LogP contribution < -0.4 is 5.43 Å². The molecule has 102 valence electrons. The molecular weight excluding hydrogens is 260 g/mol. The molecule has 0 spiro atoms. The zero-order valence-electron chi connectivity index (χ0n) is 11.9. The molecule has 2 heterocycles. The SMILES string of the molecule is CCn1c(C)c(/C(C)=N\O)c(=O)c2c(C)c(C)sc21. The van der Waals surface area contributed by atoms with Crippen LogP contribution in [0, 0.1) is 20.8 Å². The highest BCUT2D eigenvalue weighted by Gasteiger charge is 2.19. The van der Waals surface area contributed by atoms with Gasteiger partial charge in [-0.25, -0.2) is 0 Å². The Morgan fingerprint density at radius 2 is 2.00 bits per heavy atom. The van der Waals surface area contributed by atoms with E-state index in [0.29, 0.717) is 11.3 Å². The minimum Gasteiger partial charge on any atom is -0.411 e. The molecule has 0 saturated carbocycles. The standard InChI is InChI=1S/C14H18N2O2S/c1-6-16-9(4)12(8(3)15-18)13(17)11-7(2)10(5)19-14(11)16/h18H,6H2,1-5H3/b15-8-. The topological polar surface area (TPSA) is 54.6 Å². The lowest BCUT2D eigenvalue weighted by Gasteiger charge is -2.14. The molecule has 0 fully saturated rings. The number of thiophene rings is 1. The zero-order valence-corrected chi connectivity index (χ0v) is 12.7. The second-order valence-electron chi connectivity index (χ2n) is 4.68. The summed E-state index contributed by atoms with van der Waals surface area (Å²) in [5.74, 6) is 0. The van der Waals surface area contributed by atoms with E-state index >= 15 is 0 Å². The van der Waals surface area contributed by atoms with Gasteiger partial charge in [-0.3, -0.25) is 4.79 Å². The molecule has 0 amide bonds. The van der Waals surface area contributed by atoms with Crippen LogP contribution in [0.4, 0.5) is 0 Å². The molecule has 4 nitrogen and oxygen atoms in total. The van der Waals surface area contributed by atoms with E-state index in [0.717, 1.165) is 32.9 Å². The number of rotatable bonds is 2. The van der Waals surface area contributed by atoms with Crippen LogP contribution in [0.15, 0.2) is 9.95 Å². The van der Waals surface area contributed by atoms with Gasteiger partial charge in [-0.2, -0.15) is 0 Å². The lowest BCUT2D eigenvalue weighted by Crippen LogP contribution is -2.21. The quantitative estimate of drug-likeness (QED) is 0.521. The average molecular weight is 278 g/mol. The van der Waals surface area contributed by atoms with E-state index in [-0.39, 0.29) is 5.43 Å². The molecule has 0 bridgehead atoms. The van der Waals surface area contributed by atoms with Crippen LogP contribution in [0.25, 0.3) is 10.2 Å². The van der Waals surface area contributed by atoms with Gasteiger partial charge in [-0.15, -0.1) is 11.3 Å². The Hall–Kier alpha value is -1.62. The maximum absolute atomic E-state index is 12.7. The summed E-state index contributed by atoms with van der Waals surface area (Å²) in [6.07, 6.45) is 0. The van der Waals surface area contributed by atoms with E-state index in [1.807, 2.05) is 20.8 Å². The van der Waals surface area contributed by atoms with Gasteiger partial charge in [0.25, 0.3) is 0 Å². The fourth-order valence-corrected chi connectivity index (χ4v) is 3.77. The minimum atomic E-state index is -0.0330. The Bertz CT molecular complexity index is 738. The van der Waals surface area contributed by atoms with Crippen molar-refractivity contribution >= 4 is 27.3 Å². The molecule has 0 unspecified atom stereocenters. The molecule has 0 aliphatic carbocycles. The third kappa shape index (κ3) is 1.89. The maximum atomic E-state index is 12.7. The number of aromatic nitrogens is 1. The highest BCUT2D eigenvalue weighted by molar-refractivity contribution is 7.18. The van der Waals surface area contributed by atoms with Crippen molar-refractivity contribution in [1.82, 2.24) is 4.57 Å². The van der Waals surface area contributed by atoms with E-state index < -0.39 is 0 Å². The van der Waals surface area contributed by atoms with Gasteiger partial charge in [0.15, 0.2) is 5.43 Å². The molecule has 5 heteroatoms.